The molecule has 8 nitrogen and oxygen atoms in total. The Hall–Kier alpha value is -3.94. The van der Waals surface area contributed by atoms with E-state index in [-0.39, 0.29) is 30.1 Å². The van der Waals surface area contributed by atoms with E-state index in [1.807, 2.05) is 30.3 Å². The second-order valence-corrected chi connectivity index (χ2v) is 6.03. The number of nitrogens with one attached hydrogen (secondary N) is 2. The summed E-state index contributed by atoms with van der Waals surface area (Å²) in [5.74, 6) is -2.18. The third-order valence-corrected chi connectivity index (χ3v) is 3.83. The minimum absolute atomic E-state index is 0.0730. The molecule has 2 aromatic carbocycles. The van der Waals surface area contributed by atoms with Crippen molar-refractivity contribution in [3.05, 3.63) is 71.8 Å². The zero-order chi connectivity index (χ0) is 21.8. The average molecular weight is 410 g/mol. The van der Waals surface area contributed by atoms with Gasteiger partial charge in [-0.05, 0) is 23.8 Å². The van der Waals surface area contributed by atoms with Crippen LogP contribution in [0.1, 0.15) is 22.3 Å². The first-order valence-electron chi connectivity index (χ1n) is 9.13. The fourth-order valence-corrected chi connectivity index (χ4v) is 2.37. The third kappa shape index (κ3) is 7.59. The minimum Gasteiger partial charge on any atom is -0.465 e. The summed E-state index contributed by atoms with van der Waals surface area (Å²) in [6, 6.07) is 15.6. The molecule has 0 atom stereocenters. The van der Waals surface area contributed by atoms with Crippen LogP contribution in [0.3, 0.4) is 0 Å². The van der Waals surface area contributed by atoms with E-state index in [0.717, 1.165) is 5.56 Å². The Bertz CT molecular complexity index is 924. The number of amides is 2. The number of benzene rings is 2. The molecule has 0 aliphatic heterocycles. The van der Waals surface area contributed by atoms with Gasteiger partial charge in [0.05, 0.1) is 24.8 Å². The Labute approximate surface area is 173 Å². The van der Waals surface area contributed by atoms with E-state index in [2.05, 4.69) is 15.4 Å². The van der Waals surface area contributed by atoms with Gasteiger partial charge in [0.25, 0.3) is 5.91 Å². The molecule has 2 N–H and O–H groups in total. The molecule has 2 aromatic rings. The molecule has 30 heavy (non-hydrogen) atoms. The largest absolute Gasteiger partial charge is 0.465 e. The zero-order valence-electron chi connectivity index (χ0n) is 16.4. The third-order valence-electron chi connectivity index (χ3n) is 3.83. The molecule has 156 valence electrons. The Morgan fingerprint density at radius 3 is 2.40 bits per heavy atom. The maximum atomic E-state index is 12.0. The Kier molecular flexibility index (Phi) is 8.79. The number of anilines is 1. The molecule has 0 saturated carbocycles. The van der Waals surface area contributed by atoms with Gasteiger partial charge in [0.1, 0.15) is 0 Å². The first-order valence-corrected chi connectivity index (χ1v) is 9.13. The van der Waals surface area contributed by atoms with Gasteiger partial charge < -0.3 is 20.1 Å². The Balaban J connectivity index is 1.69. The molecule has 0 fully saturated rings. The summed E-state index contributed by atoms with van der Waals surface area (Å²) >= 11 is 0. The monoisotopic (exact) mass is 410 g/mol. The van der Waals surface area contributed by atoms with Gasteiger partial charge in [0.2, 0.25) is 5.91 Å². The van der Waals surface area contributed by atoms with Crippen LogP contribution >= 0.6 is 0 Å². The van der Waals surface area contributed by atoms with Gasteiger partial charge in [-0.25, -0.2) is 4.79 Å². The van der Waals surface area contributed by atoms with E-state index >= 15 is 0 Å². The van der Waals surface area contributed by atoms with Crippen molar-refractivity contribution >= 4 is 35.5 Å². The number of ether oxygens (including phenoxy) is 2. The van der Waals surface area contributed by atoms with Crippen LogP contribution in [0.4, 0.5) is 5.69 Å². The van der Waals surface area contributed by atoms with Crippen molar-refractivity contribution in [3.8, 4) is 0 Å². The van der Waals surface area contributed by atoms with Crippen molar-refractivity contribution in [2.45, 2.75) is 6.42 Å². The number of carbonyl (C=O) groups excluding carboxylic acids is 4. The molecular formula is C22H22N2O6. The predicted molar refractivity (Wildman–Crippen MR) is 110 cm³/mol. The van der Waals surface area contributed by atoms with E-state index in [0.29, 0.717) is 0 Å². The summed E-state index contributed by atoms with van der Waals surface area (Å²) in [5.41, 5.74) is 1.32. The van der Waals surface area contributed by atoms with Gasteiger partial charge in [0.15, 0.2) is 6.61 Å². The van der Waals surface area contributed by atoms with Crippen LogP contribution < -0.4 is 10.6 Å². The van der Waals surface area contributed by atoms with Crippen LogP contribution in [0.2, 0.25) is 0 Å². The van der Waals surface area contributed by atoms with Crippen molar-refractivity contribution in [3.63, 3.8) is 0 Å². The first-order chi connectivity index (χ1) is 14.5. The molecule has 2 amide bonds. The van der Waals surface area contributed by atoms with Crippen LogP contribution in [0, 0.1) is 0 Å². The normalized spacial score (nSPS) is 10.3. The molecule has 0 radical (unpaired) electrons. The predicted octanol–water partition coefficient (Wildman–Crippen LogP) is 2.17. The lowest BCUT2D eigenvalue weighted by Gasteiger charge is -2.10. The quantitative estimate of drug-likeness (QED) is 0.484. The summed E-state index contributed by atoms with van der Waals surface area (Å²) in [5, 5.41) is 5.05. The second kappa shape index (κ2) is 11.8. The van der Waals surface area contributed by atoms with Crippen molar-refractivity contribution in [1.82, 2.24) is 5.32 Å². The van der Waals surface area contributed by atoms with Gasteiger partial charge in [-0.2, -0.15) is 0 Å². The maximum Gasteiger partial charge on any atom is 0.339 e. The lowest BCUT2D eigenvalue weighted by molar-refractivity contribution is -0.147. The number of methoxy groups -OCH3 is 1. The zero-order valence-corrected chi connectivity index (χ0v) is 16.4. The fraction of sp³-hybridized carbons (Fsp3) is 0.182. The molecule has 0 unspecified atom stereocenters. The highest BCUT2D eigenvalue weighted by molar-refractivity contribution is 6.01. The summed E-state index contributed by atoms with van der Waals surface area (Å²) in [6.07, 6.45) is 2.94. The molecule has 0 heterocycles. The number of esters is 2. The minimum atomic E-state index is -0.640. The lowest BCUT2D eigenvalue weighted by atomic mass is 10.2. The number of hydrogen-bond acceptors (Lipinski definition) is 6. The fourth-order valence-electron chi connectivity index (χ4n) is 2.37. The van der Waals surface area contributed by atoms with Crippen molar-refractivity contribution in [1.29, 1.82) is 0 Å². The van der Waals surface area contributed by atoms with Crippen molar-refractivity contribution in [2.75, 3.05) is 25.6 Å². The number of para-hydroxylation sites is 1. The van der Waals surface area contributed by atoms with Crippen molar-refractivity contribution < 1.29 is 28.7 Å². The summed E-state index contributed by atoms with van der Waals surface area (Å²) in [7, 11) is 1.24. The average Bonchev–Trinajstić information content (AvgIpc) is 2.77. The van der Waals surface area contributed by atoms with Gasteiger partial charge in [-0.1, -0.05) is 42.5 Å². The summed E-state index contributed by atoms with van der Waals surface area (Å²) < 4.78 is 9.53. The van der Waals surface area contributed by atoms with Gasteiger partial charge in [0, 0.05) is 12.6 Å². The van der Waals surface area contributed by atoms with E-state index in [1.165, 1.54) is 25.3 Å². The van der Waals surface area contributed by atoms with Gasteiger partial charge >= 0.3 is 11.9 Å². The van der Waals surface area contributed by atoms with E-state index in [9.17, 15) is 19.2 Å². The molecule has 0 aliphatic rings. The molecule has 8 heteroatoms. The highest BCUT2D eigenvalue weighted by Gasteiger charge is 2.14. The van der Waals surface area contributed by atoms with Crippen LogP contribution in [-0.2, 0) is 23.9 Å². The van der Waals surface area contributed by atoms with E-state index < -0.39 is 24.5 Å². The van der Waals surface area contributed by atoms with Gasteiger partial charge in [-0.15, -0.1) is 0 Å². The highest BCUT2D eigenvalue weighted by Crippen LogP contribution is 2.15. The summed E-state index contributed by atoms with van der Waals surface area (Å²) in [4.78, 5) is 47.1. The van der Waals surface area contributed by atoms with E-state index in [1.54, 1.807) is 18.2 Å². The standard InChI is InChI=1S/C22H22N2O6/c1-29-22(28)17-9-5-6-10-18(17)24-20(26)15-30-21(27)13-14-23-19(25)12-11-16-7-3-2-4-8-16/h2-12H,13-15H2,1H3,(H,23,25)(H,24,26)/b12-11+. The molecule has 2 rings (SSSR count). The smallest absolute Gasteiger partial charge is 0.339 e. The SMILES string of the molecule is COC(=O)c1ccccc1NC(=O)COC(=O)CCNC(=O)/C=C/c1ccccc1. The summed E-state index contributed by atoms with van der Waals surface area (Å²) in [6.45, 7) is -0.445. The van der Waals surface area contributed by atoms with E-state index in [4.69, 9.17) is 4.74 Å². The highest BCUT2D eigenvalue weighted by atomic mass is 16.5. The lowest BCUT2D eigenvalue weighted by Crippen LogP contribution is -2.26. The number of carbonyl (C=O) groups is 4. The molecular weight excluding hydrogens is 388 g/mol. The van der Waals surface area contributed by atoms with Crippen LogP contribution in [-0.4, -0.2) is 44.0 Å². The Morgan fingerprint density at radius 1 is 0.967 bits per heavy atom. The Morgan fingerprint density at radius 2 is 1.67 bits per heavy atom. The first kappa shape index (κ1) is 22.4. The van der Waals surface area contributed by atoms with Crippen LogP contribution in [0.15, 0.2) is 60.7 Å². The maximum absolute atomic E-state index is 12.0. The van der Waals surface area contributed by atoms with Gasteiger partial charge in [-0.3, -0.25) is 14.4 Å². The second-order valence-electron chi connectivity index (χ2n) is 6.03. The topological polar surface area (TPSA) is 111 Å². The number of rotatable bonds is 9. The van der Waals surface area contributed by atoms with Crippen LogP contribution in [0.5, 0.6) is 0 Å². The van der Waals surface area contributed by atoms with Crippen LogP contribution in [0.25, 0.3) is 6.08 Å². The molecule has 0 aromatic heterocycles. The molecule has 0 bridgehead atoms. The molecule has 0 aliphatic carbocycles. The number of hydrogen-bond donors (Lipinski definition) is 2. The molecule has 0 spiro atoms. The van der Waals surface area contributed by atoms with Crippen molar-refractivity contribution in [2.24, 2.45) is 0 Å². The molecule has 0 saturated heterocycles.